The quantitative estimate of drug-likeness (QED) is 0.341. The summed E-state index contributed by atoms with van der Waals surface area (Å²) in [5.74, 6) is 0. The molecule has 11 heavy (non-hydrogen) atoms. The maximum atomic E-state index is 10.7. The van der Waals surface area contributed by atoms with Crippen LogP contribution in [0.1, 0.15) is 26.2 Å². The summed E-state index contributed by atoms with van der Waals surface area (Å²) >= 11 is 0. The van der Waals surface area contributed by atoms with E-state index in [1.165, 1.54) is 0 Å². The van der Waals surface area contributed by atoms with Crippen molar-refractivity contribution in [2.75, 3.05) is 0 Å². The highest BCUT2D eigenvalue weighted by molar-refractivity contribution is 5.88. The van der Waals surface area contributed by atoms with Crippen molar-refractivity contribution in [2.45, 2.75) is 26.2 Å². The molecule has 1 rings (SSSR count). The van der Waals surface area contributed by atoms with E-state index < -0.39 is 5.41 Å². The molecular weight excluding hydrogens is 140 g/mol. The van der Waals surface area contributed by atoms with E-state index in [1.807, 2.05) is 13.0 Å². The minimum atomic E-state index is -0.780. The minimum Gasteiger partial charge on any atom is -0.302 e. The normalized spacial score (nSPS) is 22.1. The molecule has 0 aliphatic heterocycles. The molecule has 0 N–H and O–H groups in total. The van der Waals surface area contributed by atoms with Crippen molar-refractivity contribution in [3.63, 3.8) is 0 Å². The SMILES string of the molecule is CC1=CCCCC1(C=O)C=O. The van der Waals surface area contributed by atoms with Crippen LogP contribution in [0.4, 0.5) is 0 Å². The lowest BCUT2D eigenvalue weighted by Gasteiger charge is -2.25. The van der Waals surface area contributed by atoms with Gasteiger partial charge in [-0.15, -0.1) is 0 Å². The van der Waals surface area contributed by atoms with Crippen molar-refractivity contribution in [1.82, 2.24) is 0 Å². The fourth-order valence-electron chi connectivity index (χ4n) is 1.43. The summed E-state index contributed by atoms with van der Waals surface area (Å²) in [5, 5.41) is 0. The molecule has 0 aromatic rings. The van der Waals surface area contributed by atoms with E-state index in [0.717, 1.165) is 31.0 Å². The number of allylic oxidation sites excluding steroid dienone is 2. The average molecular weight is 152 g/mol. The molecule has 0 aromatic heterocycles. The lowest BCUT2D eigenvalue weighted by molar-refractivity contribution is -0.124. The number of carbonyl (C=O) groups excluding carboxylic acids is 2. The molecule has 0 bridgehead atoms. The summed E-state index contributed by atoms with van der Waals surface area (Å²) in [5.41, 5.74) is 0.131. The highest BCUT2D eigenvalue weighted by Gasteiger charge is 2.32. The first-order valence-electron chi connectivity index (χ1n) is 3.85. The Labute approximate surface area is 66.3 Å². The predicted molar refractivity (Wildman–Crippen MR) is 42.2 cm³/mol. The summed E-state index contributed by atoms with van der Waals surface area (Å²) in [4.78, 5) is 21.3. The Bertz CT molecular complexity index is 196. The van der Waals surface area contributed by atoms with Crippen LogP contribution in [0, 0.1) is 5.41 Å². The van der Waals surface area contributed by atoms with Crippen molar-refractivity contribution < 1.29 is 9.59 Å². The van der Waals surface area contributed by atoms with Gasteiger partial charge < -0.3 is 9.59 Å². The molecule has 0 fully saturated rings. The van der Waals surface area contributed by atoms with E-state index in [2.05, 4.69) is 0 Å². The van der Waals surface area contributed by atoms with Crippen LogP contribution in [0.5, 0.6) is 0 Å². The molecule has 2 nitrogen and oxygen atoms in total. The van der Waals surface area contributed by atoms with Gasteiger partial charge in [0.25, 0.3) is 0 Å². The Morgan fingerprint density at radius 2 is 2.09 bits per heavy atom. The van der Waals surface area contributed by atoms with Gasteiger partial charge in [-0.2, -0.15) is 0 Å². The first-order chi connectivity index (χ1) is 5.25. The third kappa shape index (κ3) is 1.25. The number of aldehydes is 2. The molecule has 0 aromatic carbocycles. The molecule has 0 radical (unpaired) electrons. The minimum absolute atomic E-state index is 0.683. The number of hydrogen-bond acceptors (Lipinski definition) is 2. The molecule has 0 saturated heterocycles. The second kappa shape index (κ2) is 2.99. The smallest absolute Gasteiger partial charge is 0.137 e. The van der Waals surface area contributed by atoms with Crippen molar-refractivity contribution >= 4 is 12.6 Å². The second-order valence-corrected chi connectivity index (χ2v) is 3.06. The van der Waals surface area contributed by atoms with Crippen molar-refractivity contribution in [1.29, 1.82) is 0 Å². The van der Waals surface area contributed by atoms with Crippen LogP contribution in [0.25, 0.3) is 0 Å². The molecule has 2 heteroatoms. The molecular formula is C9H12O2. The number of carbonyl (C=O) groups is 2. The lowest BCUT2D eigenvalue weighted by Crippen LogP contribution is -2.27. The van der Waals surface area contributed by atoms with Gasteiger partial charge in [-0.05, 0) is 26.2 Å². The van der Waals surface area contributed by atoms with Gasteiger partial charge >= 0.3 is 0 Å². The van der Waals surface area contributed by atoms with Crippen LogP contribution in [-0.2, 0) is 9.59 Å². The van der Waals surface area contributed by atoms with Crippen LogP contribution in [0.15, 0.2) is 11.6 Å². The zero-order valence-electron chi connectivity index (χ0n) is 6.67. The molecule has 0 atom stereocenters. The first kappa shape index (κ1) is 8.18. The topological polar surface area (TPSA) is 34.1 Å². The molecule has 0 unspecified atom stereocenters. The van der Waals surface area contributed by atoms with Crippen LogP contribution in [0.2, 0.25) is 0 Å². The molecule has 60 valence electrons. The Hall–Kier alpha value is -0.920. The van der Waals surface area contributed by atoms with Gasteiger partial charge in [0, 0.05) is 0 Å². The molecule has 0 saturated carbocycles. The molecule has 0 heterocycles. The predicted octanol–water partition coefficient (Wildman–Crippen LogP) is 1.50. The Morgan fingerprint density at radius 1 is 1.45 bits per heavy atom. The molecule has 1 aliphatic rings. The van der Waals surface area contributed by atoms with Crippen molar-refractivity contribution in [2.24, 2.45) is 5.41 Å². The Morgan fingerprint density at radius 3 is 2.45 bits per heavy atom. The van der Waals surface area contributed by atoms with E-state index in [-0.39, 0.29) is 0 Å². The highest BCUT2D eigenvalue weighted by Crippen LogP contribution is 2.33. The van der Waals surface area contributed by atoms with Crippen molar-refractivity contribution in [3.8, 4) is 0 Å². The lowest BCUT2D eigenvalue weighted by atomic mass is 9.75. The molecule has 1 aliphatic carbocycles. The Balaban J connectivity index is 2.97. The summed E-state index contributed by atoms with van der Waals surface area (Å²) in [6.45, 7) is 1.85. The standard InChI is InChI=1S/C9H12O2/c1-8-4-2-3-5-9(8,6-10)7-11/h4,6-7H,2-3,5H2,1H3. The summed E-state index contributed by atoms with van der Waals surface area (Å²) < 4.78 is 0. The van der Waals surface area contributed by atoms with Crippen LogP contribution in [0.3, 0.4) is 0 Å². The van der Waals surface area contributed by atoms with Crippen LogP contribution >= 0.6 is 0 Å². The third-order valence-electron chi connectivity index (χ3n) is 2.40. The van der Waals surface area contributed by atoms with Gasteiger partial charge in [-0.25, -0.2) is 0 Å². The second-order valence-electron chi connectivity index (χ2n) is 3.06. The molecule has 0 amide bonds. The van der Waals surface area contributed by atoms with Gasteiger partial charge in [0.2, 0.25) is 0 Å². The van der Waals surface area contributed by atoms with E-state index in [0.29, 0.717) is 6.42 Å². The van der Waals surface area contributed by atoms with E-state index >= 15 is 0 Å². The van der Waals surface area contributed by atoms with Gasteiger partial charge in [-0.1, -0.05) is 11.6 Å². The summed E-state index contributed by atoms with van der Waals surface area (Å²) in [7, 11) is 0. The number of rotatable bonds is 2. The zero-order chi connectivity index (χ0) is 8.32. The van der Waals surface area contributed by atoms with E-state index in [4.69, 9.17) is 0 Å². The highest BCUT2D eigenvalue weighted by atomic mass is 16.1. The summed E-state index contributed by atoms with van der Waals surface area (Å²) in [6.07, 6.45) is 6.13. The number of hydrogen-bond donors (Lipinski definition) is 0. The van der Waals surface area contributed by atoms with Gasteiger partial charge in [-0.3, -0.25) is 0 Å². The maximum Gasteiger partial charge on any atom is 0.137 e. The van der Waals surface area contributed by atoms with Crippen LogP contribution < -0.4 is 0 Å². The summed E-state index contributed by atoms with van der Waals surface area (Å²) in [6, 6.07) is 0. The van der Waals surface area contributed by atoms with Crippen LogP contribution in [-0.4, -0.2) is 12.6 Å². The van der Waals surface area contributed by atoms with Gasteiger partial charge in [0.05, 0.1) is 0 Å². The fourth-order valence-corrected chi connectivity index (χ4v) is 1.43. The Kier molecular flexibility index (Phi) is 2.22. The monoisotopic (exact) mass is 152 g/mol. The van der Waals surface area contributed by atoms with E-state index in [1.54, 1.807) is 0 Å². The first-order valence-corrected chi connectivity index (χ1v) is 3.85. The maximum absolute atomic E-state index is 10.7. The van der Waals surface area contributed by atoms with E-state index in [9.17, 15) is 9.59 Å². The zero-order valence-corrected chi connectivity index (χ0v) is 6.67. The van der Waals surface area contributed by atoms with Gasteiger partial charge in [0.1, 0.15) is 18.0 Å². The van der Waals surface area contributed by atoms with Gasteiger partial charge in [0.15, 0.2) is 0 Å². The third-order valence-corrected chi connectivity index (χ3v) is 2.40. The van der Waals surface area contributed by atoms with Crippen molar-refractivity contribution in [3.05, 3.63) is 11.6 Å². The largest absolute Gasteiger partial charge is 0.302 e. The molecule has 0 spiro atoms. The average Bonchev–Trinajstić information content (AvgIpc) is 2.06. The fraction of sp³-hybridized carbons (Fsp3) is 0.556.